The van der Waals surface area contributed by atoms with Crippen molar-refractivity contribution in [3.05, 3.63) is 41.0 Å². The Morgan fingerprint density at radius 3 is 2.63 bits per heavy atom. The zero-order valence-corrected chi connectivity index (χ0v) is 27.0. The third-order valence-electron chi connectivity index (χ3n) is 10.9. The highest BCUT2D eigenvalue weighted by molar-refractivity contribution is 7.23. The van der Waals surface area contributed by atoms with Gasteiger partial charge in [0.15, 0.2) is 5.82 Å². The molecule has 0 bridgehead atoms. The highest BCUT2D eigenvalue weighted by Gasteiger charge is 2.50. The summed E-state index contributed by atoms with van der Waals surface area (Å²) in [7, 11) is 0. The molecule has 3 aliphatic heterocycles. The van der Waals surface area contributed by atoms with Crippen LogP contribution in [-0.4, -0.2) is 65.5 Å². The van der Waals surface area contributed by atoms with Gasteiger partial charge in [-0.2, -0.15) is 28.4 Å². The number of alkyl halides is 4. The molecule has 15 heteroatoms. The van der Waals surface area contributed by atoms with Gasteiger partial charge in [-0.3, -0.25) is 4.90 Å². The van der Waals surface area contributed by atoms with Gasteiger partial charge in [0.1, 0.15) is 41.3 Å². The van der Waals surface area contributed by atoms with Crippen LogP contribution in [0.5, 0.6) is 11.9 Å². The molecule has 49 heavy (non-hydrogen) atoms. The number of thiophene rings is 1. The number of nitriles is 1. The van der Waals surface area contributed by atoms with Gasteiger partial charge in [-0.15, -0.1) is 11.3 Å². The normalized spacial score (nSPS) is 24.0. The van der Waals surface area contributed by atoms with E-state index in [2.05, 4.69) is 15.3 Å². The van der Waals surface area contributed by atoms with Gasteiger partial charge in [0.05, 0.1) is 26.8 Å². The van der Waals surface area contributed by atoms with Crippen LogP contribution < -0.4 is 20.5 Å². The van der Waals surface area contributed by atoms with Gasteiger partial charge >= 0.3 is 12.2 Å². The lowest BCUT2D eigenvalue weighted by molar-refractivity contribution is -0.137. The number of ether oxygens (including phenoxy) is 2. The van der Waals surface area contributed by atoms with Crippen molar-refractivity contribution >= 4 is 37.3 Å². The van der Waals surface area contributed by atoms with Gasteiger partial charge < -0.3 is 20.5 Å². The number of fused-ring (bicyclic) bond motifs is 3. The summed E-state index contributed by atoms with van der Waals surface area (Å²) in [5.74, 6) is -2.42. The quantitative estimate of drug-likeness (QED) is 0.205. The summed E-state index contributed by atoms with van der Waals surface area (Å²) >= 11 is 0.693. The molecule has 2 atom stereocenters. The lowest BCUT2D eigenvalue weighted by Gasteiger charge is -2.49. The Balaban J connectivity index is 1.28. The molecule has 4 fully saturated rings. The van der Waals surface area contributed by atoms with E-state index in [1.165, 1.54) is 0 Å². The Hall–Kier alpha value is -3.87. The third kappa shape index (κ3) is 5.34. The van der Waals surface area contributed by atoms with Crippen molar-refractivity contribution < 1.29 is 35.8 Å². The molecule has 258 valence electrons. The van der Waals surface area contributed by atoms with Gasteiger partial charge in [0, 0.05) is 23.9 Å². The average molecular weight is 703 g/mol. The lowest BCUT2D eigenvalue weighted by Crippen LogP contribution is -2.49. The fraction of sp³-hybridized carbons (Fsp3) is 0.500. The van der Waals surface area contributed by atoms with Crippen molar-refractivity contribution in [1.29, 1.82) is 5.26 Å². The number of rotatable bonds is 6. The van der Waals surface area contributed by atoms with E-state index >= 15 is 4.39 Å². The first kappa shape index (κ1) is 32.3. The Morgan fingerprint density at radius 2 is 1.90 bits per heavy atom. The first-order valence-corrected chi connectivity index (χ1v) is 17.1. The molecule has 5 heterocycles. The molecular formula is C34H32F6N6O2S. The standard InChI is InChI=1S/C34H32F6N6O2S/c35-17-11-33(4-1-9-46(33)15-17)16-47-31-44-27-20(30(45-31)48-18-12-32(13-18)5-7-43-8-6-32)10-22(34(38,39)40)25(26(27)37)19-2-3-23(36)28-24(19)21(14-41)29(42)49-28/h2-3,10,17-18,43H,1,4-9,11-13,15-16,42H2/t17-,33?/m1/s1. The minimum Gasteiger partial charge on any atom is -0.474 e. The highest BCUT2D eigenvalue weighted by Crippen LogP contribution is 2.51. The lowest BCUT2D eigenvalue weighted by atomic mass is 9.62. The largest absolute Gasteiger partial charge is 0.474 e. The van der Waals surface area contributed by atoms with E-state index < -0.39 is 46.2 Å². The number of piperidine rings is 1. The van der Waals surface area contributed by atoms with Crippen molar-refractivity contribution in [3.63, 3.8) is 0 Å². The van der Waals surface area contributed by atoms with Crippen LogP contribution in [0.25, 0.3) is 32.1 Å². The molecule has 0 amide bonds. The third-order valence-corrected chi connectivity index (χ3v) is 11.9. The molecule has 3 saturated heterocycles. The Kier molecular flexibility index (Phi) is 7.66. The van der Waals surface area contributed by atoms with E-state index in [1.54, 1.807) is 0 Å². The second kappa shape index (κ2) is 11.6. The second-order valence-electron chi connectivity index (χ2n) is 13.8. The smallest absolute Gasteiger partial charge is 0.417 e. The number of nitrogens with two attached hydrogens (primary N) is 1. The van der Waals surface area contributed by atoms with Crippen molar-refractivity contribution in [1.82, 2.24) is 20.2 Å². The molecule has 2 aromatic heterocycles. The second-order valence-corrected chi connectivity index (χ2v) is 14.9. The summed E-state index contributed by atoms with van der Waals surface area (Å²) in [6, 6.07) is 4.18. The van der Waals surface area contributed by atoms with Crippen LogP contribution in [0.4, 0.5) is 31.3 Å². The molecule has 3 N–H and O–H groups in total. The average Bonchev–Trinajstić information content (AvgIpc) is 3.69. The first-order valence-electron chi connectivity index (χ1n) is 16.3. The minimum absolute atomic E-state index is 0.00527. The predicted octanol–water partition coefficient (Wildman–Crippen LogP) is 7.13. The number of nitrogens with zero attached hydrogens (tertiary/aromatic N) is 4. The zero-order chi connectivity index (χ0) is 34.3. The molecule has 4 aliphatic rings. The van der Waals surface area contributed by atoms with Crippen molar-refractivity contribution in [2.45, 2.75) is 68.9 Å². The van der Waals surface area contributed by atoms with Crippen LogP contribution >= 0.6 is 11.3 Å². The van der Waals surface area contributed by atoms with E-state index in [-0.39, 0.29) is 74.6 Å². The fourth-order valence-electron chi connectivity index (χ4n) is 8.49. The fourth-order valence-corrected chi connectivity index (χ4v) is 9.44. The van der Waals surface area contributed by atoms with Crippen LogP contribution in [0, 0.1) is 28.4 Å². The molecule has 2 aromatic carbocycles. The monoisotopic (exact) mass is 702 g/mol. The topological polar surface area (TPSA) is 109 Å². The molecule has 1 spiro atoms. The Labute approximate surface area is 281 Å². The van der Waals surface area contributed by atoms with Gasteiger partial charge in [-0.05, 0) is 81.3 Å². The van der Waals surface area contributed by atoms with E-state index in [0.29, 0.717) is 37.1 Å². The number of hydrogen-bond donors (Lipinski definition) is 2. The number of nitrogens with one attached hydrogen (secondary N) is 1. The van der Waals surface area contributed by atoms with Crippen LogP contribution in [-0.2, 0) is 6.18 Å². The molecule has 0 radical (unpaired) electrons. The van der Waals surface area contributed by atoms with Crippen LogP contribution in [0.3, 0.4) is 0 Å². The van der Waals surface area contributed by atoms with Crippen molar-refractivity contribution in [3.8, 4) is 29.1 Å². The number of hydrogen-bond acceptors (Lipinski definition) is 9. The molecular weight excluding hydrogens is 670 g/mol. The van der Waals surface area contributed by atoms with E-state index in [9.17, 15) is 27.2 Å². The summed E-state index contributed by atoms with van der Waals surface area (Å²) in [5, 5.41) is 12.5. The molecule has 1 saturated carbocycles. The van der Waals surface area contributed by atoms with Gasteiger partial charge in [0.2, 0.25) is 5.88 Å². The van der Waals surface area contributed by atoms with Crippen molar-refractivity contribution in [2.75, 3.05) is 38.5 Å². The Bertz CT molecular complexity index is 2020. The number of nitrogen functional groups attached to an aromatic ring is 1. The van der Waals surface area contributed by atoms with Crippen LogP contribution in [0.1, 0.15) is 56.1 Å². The number of aromatic nitrogens is 2. The van der Waals surface area contributed by atoms with Crippen LogP contribution in [0.15, 0.2) is 18.2 Å². The maximum Gasteiger partial charge on any atom is 0.417 e. The molecule has 1 aliphatic carbocycles. The minimum atomic E-state index is -5.09. The van der Waals surface area contributed by atoms with E-state index in [1.807, 2.05) is 11.0 Å². The molecule has 1 unspecified atom stereocenters. The number of halogens is 6. The maximum atomic E-state index is 16.9. The predicted molar refractivity (Wildman–Crippen MR) is 171 cm³/mol. The van der Waals surface area contributed by atoms with Crippen molar-refractivity contribution in [2.24, 2.45) is 5.41 Å². The van der Waals surface area contributed by atoms with Gasteiger partial charge in [-0.25, -0.2) is 13.2 Å². The highest BCUT2D eigenvalue weighted by atomic mass is 32.1. The maximum absolute atomic E-state index is 16.9. The summed E-state index contributed by atoms with van der Waals surface area (Å²) < 4.78 is 103. The van der Waals surface area contributed by atoms with Gasteiger partial charge in [0.25, 0.3) is 0 Å². The van der Waals surface area contributed by atoms with E-state index in [0.717, 1.165) is 50.6 Å². The SMILES string of the molecule is N#Cc1c(N)sc2c(F)ccc(-c3c(C(F)(F)F)cc4c(OC5CC6(CCNCC6)C5)nc(OCC56CCCN5C[C@H](F)C6)nc4c3F)c12. The Morgan fingerprint density at radius 1 is 1.12 bits per heavy atom. The van der Waals surface area contributed by atoms with Crippen LogP contribution in [0.2, 0.25) is 0 Å². The number of anilines is 1. The van der Waals surface area contributed by atoms with E-state index in [4.69, 9.17) is 15.2 Å². The molecule has 8 nitrogen and oxygen atoms in total. The summed E-state index contributed by atoms with van der Waals surface area (Å²) in [6.07, 6.45) is -1.46. The number of benzene rings is 2. The zero-order valence-electron chi connectivity index (χ0n) is 26.2. The summed E-state index contributed by atoms with van der Waals surface area (Å²) in [4.78, 5) is 10.7. The summed E-state index contributed by atoms with van der Waals surface area (Å²) in [6.45, 7) is 2.71. The first-order chi connectivity index (χ1) is 23.4. The summed E-state index contributed by atoms with van der Waals surface area (Å²) in [5.41, 5.74) is 2.04. The molecule has 8 rings (SSSR count). The van der Waals surface area contributed by atoms with Gasteiger partial charge in [-0.1, -0.05) is 6.07 Å². The molecule has 4 aromatic rings.